The number of H-pyrrole nitrogens is 1. The molecule has 0 spiro atoms. The molecule has 3 rings (SSSR count). The lowest BCUT2D eigenvalue weighted by Gasteiger charge is -2.01. The highest BCUT2D eigenvalue weighted by Gasteiger charge is 2.09. The summed E-state index contributed by atoms with van der Waals surface area (Å²) in [5, 5.41) is 13.3. The average Bonchev–Trinajstić information content (AvgIpc) is 3.27. The van der Waals surface area contributed by atoms with E-state index >= 15 is 0 Å². The lowest BCUT2D eigenvalue weighted by Crippen LogP contribution is -2.15. The summed E-state index contributed by atoms with van der Waals surface area (Å²) in [4.78, 5) is 12.7. The van der Waals surface area contributed by atoms with Crippen LogP contribution in [0.5, 0.6) is 0 Å². The van der Waals surface area contributed by atoms with E-state index < -0.39 is 0 Å². The number of benzene rings is 1. The summed E-state index contributed by atoms with van der Waals surface area (Å²) >= 11 is 1.42. The normalized spacial score (nSPS) is 12.5. The lowest BCUT2D eigenvalue weighted by molar-refractivity contribution is 0.0974. The first-order valence-electron chi connectivity index (χ1n) is 7.98. The molecular weight excluding hydrogens is 330 g/mol. The van der Waals surface area contributed by atoms with Crippen LogP contribution < -0.4 is 5.32 Å². The van der Waals surface area contributed by atoms with Gasteiger partial charge < -0.3 is 5.32 Å². The maximum Gasteiger partial charge on any atom is 0.265 e. The van der Waals surface area contributed by atoms with Crippen LogP contribution >= 0.6 is 11.3 Å². The van der Waals surface area contributed by atoms with Crippen molar-refractivity contribution in [2.24, 2.45) is 0 Å². The molecule has 126 valence electrons. The fraction of sp³-hybridized carbons (Fsp3) is 0.100. The van der Waals surface area contributed by atoms with Gasteiger partial charge in [-0.3, -0.25) is 9.89 Å². The molecule has 0 bridgehead atoms. The minimum absolute atomic E-state index is 0.112. The molecule has 4 nitrogen and oxygen atoms in total. The Kier molecular flexibility index (Phi) is 5.26. The van der Waals surface area contributed by atoms with Crippen LogP contribution in [0.25, 0.3) is 16.5 Å². The fourth-order valence-corrected chi connectivity index (χ4v) is 3.07. The van der Waals surface area contributed by atoms with E-state index in [1.54, 1.807) is 12.3 Å². The van der Waals surface area contributed by atoms with Crippen molar-refractivity contribution in [1.82, 2.24) is 15.5 Å². The van der Waals surface area contributed by atoms with Gasteiger partial charge in [-0.25, -0.2) is 0 Å². The number of aromatic nitrogens is 2. The highest BCUT2D eigenvalue weighted by Crippen LogP contribution is 2.24. The summed E-state index contributed by atoms with van der Waals surface area (Å²) in [6.45, 7) is 4.02. The zero-order valence-corrected chi connectivity index (χ0v) is 14.9. The maximum absolute atomic E-state index is 12.0. The number of thiophene rings is 1. The second kappa shape index (κ2) is 7.77. The van der Waals surface area contributed by atoms with Crippen molar-refractivity contribution in [2.75, 3.05) is 0 Å². The molecule has 0 aliphatic carbocycles. The van der Waals surface area contributed by atoms with Gasteiger partial charge in [-0.1, -0.05) is 35.9 Å². The fourth-order valence-electron chi connectivity index (χ4n) is 2.45. The maximum atomic E-state index is 12.0. The Labute approximate surface area is 150 Å². The van der Waals surface area contributed by atoms with E-state index in [1.807, 2.05) is 48.7 Å². The van der Waals surface area contributed by atoms with Gasteiger partial charge in [-0.15, -0.1) is 11.3 Å². The molecule has 3 aromatic rings. The molecule has 0 aliphatic heterocycles. The van der Waals surface area contributed by atoms with Gasteiger partial charge in [0.1, 0.15) is 0 Å². The third kappa shape index (κ3) is 3.95. The Morgan fingerprint density at radius 1 is 1.32 bits per heavy atom. The van der Waals surface area contributed by atoms with Gasteiger partial charge in [-0.2, -0.15) is 5.10 Å². The van der Waals surface area contributed by atoms with Crippen molar-refractivity contribution < 1.29 is 4.79 Å². The van der Waals surface area contributed by atoms with Crippen molar-refractivity contribution in [1.29, 1.82) is 0 Å². The lowest BCUT2D eigenvalue weighted by atomic mass is 10.1. The van der Waals surface area contributed by atoms with Crippen LogP contribution in [0.15, 0.2) is 66.2 Å². The van der Waals surface area contributed by atoms with E-state index in [0.29, 0.717) is 4.88 Å². The third-order valence-corrected chi connectivity index (χ3v) is 4.55. The number of nitrogens with one attached hydrogen (secondary N) is 2. The van der Waals surface area contributed by atoms with Gasteiger partial charge in [0.05, 0.1) is 16.1 Å². The zero-order chi connectivity index (χ0) is 17.6. The van der Waals surface area contributed by atoms with Crippen LogP contribution in [-0.4, -0.2) is 16.1 Å². The standard InChI is InChI=1S/C20H19N3OS/c1-3-4-6-15(10-11-21-20(24)18-7-5-12-25-18)19-16-13-14(2)8-9-17(16)22-23-19/h3-13H,1-2H3,(H,21,24)(H,22,23)/b4-3-,11-10+,15-6+. The highest BCUT2D eigenvalue weighted by molar-refractivity contribution is 7.12. The zero-order valence-electron chi connectivity index (χ0n) is 14.1. The molecule has 0 atom stereocenters. The molecule has 0 unspecified atom stereocenters. The van der Waals surface area contributed by atoms with Crippen molar-refractivity contribution in [3.05, 3.63) is 82.4 Å². The number of amides is 1. The number of hydrogen-bond acceptors (Lipinski definition) is 3. The molecule has 1 aromatic carbocycles. The SMILES string of the molecule is C\C=C/C=C(\C=C\NC(=O)c1cccs1)c1n[nH]c2ccc(C)cc12. The van der Waals surface area contributed by atoms with Crippen LogP contribution in [0.1, 0.15) is 27.9 Å². The number of aromatic amines is 1. The minimum Gasteiger partial charge on any atom is -0.328 e. The number of rotatable bonds is 5. The first-order chi connectivity index (χ1) is 12.2. The van der Waals surface area contributed by atoms with Crippen LogP contribution in [-0.2, 0) is 0 Å². The quantitative estimate of drug-likeness (QED) is 0.648. The second-order valence-corrected chi connectivity index (χ2v) is 6.50. The van der Waals surface area contributed by atoms with Gasteiger partial charge in [0.25, 0.3) is 5.91 Å². The third-order valence-electron chi connectivity index (χ3n) is 3.68. The number of hydrogen-bond donors (Lipinski definition) is 2. The van der Waals surface area contributed by atoms with Gasteiger partial charge in [0, 0.05) is 17.2 Å². The summed E-state index contributed by atoms with van der Waals surface area (Å²) in [7, 11) is 0. The monoisotopic (exact) mass is 349 g/mol. The van der Waals surface area contributed by atoms with Crippen molar-refractivity contribution in [3.63, 3.8) is 0 Å². The molecule has 1 amide bonds. The number of carbonyl (C=O) groups excluding carboxylic acids is 1. The van der Waals surface area contributed by atoms with E-state index in [2.05, 4.69) is 34.6 Å². The summed E-state index contributed by atoms with van der Waals surface area (Å²) in [5.41, 5.74) is 3.94. The van der Waals surface area contributed by atoms with E-state index in [9.17, 15) is 4.79 Å². The van der Waals surface area contributed by atoms with E-state index in [0.717, 1.165) is 22.2 Å². The van der Waals surface area contributed by atoms with Crippen molar-refractivity contribution >= 4 is 33.7 Å². The van der Waals surface area contributed by atoms with Gasteiger partial charge in [-0.05, 0) is 43.5 Å². The topological polar surface area (TPSA) is 57.8 Å². The molecule has 0 radical (unpaired) electrons. The predicted octanol–water partition coefficient (Wildman–Crippen LogP) is 4.84. The highest BCUT2D eigenvalue weighted by atomic mass is 32.1. The molecule has 2 aromatic heterocycles. The van der Waals surface area contributed by atoms with Crippen LogP contribution in [0.4, 0.5) is 0 Å². The summed E-state index contributed by atoms with van der Waals surface area (Å²) in [6, 6.07) is 9.84. The Bertz CT molecular complexity index is 962. The number of allylic oxidation sites excluding steroid dienone is 5. The van der Waals surface area contributed by atoms with Crippen LogP contribution in [0, 0.1) is 6.92 Å². The summed E-state index contributed by atoms with van der Waals surface area (Å²) in [6.07, 6.45) is 9.41. The Morgan fingerprint density at radius 3 is 2.96 bits per heavy atom. The minimum atomic E-state index is -0.112. The smallest absolute Gasteiger partial charge is 0.265 e. The van der Waals surface area contributed by atoms with E-state index in [1.165, 1.54) is 16.9 Å². The molecular formula is C20H19N3OS. The number of fused-ring (bicyclic) bond motifs is 1. The molecule has 0 aliphatic rings. The molecule has 2 N–H and O–H groups in total. The largest absolute Gasteiger partial charge is 0.328 e. The van der Waals surface area contributed by atoms with Crippen LogP contribution in [0.2, 0.25) is 0 Å². The van der Waals surface area contributed by atoms with E-state index in [4.69, 9.17) is 0 Å². The average molecular weight is 349 g/mol. The number of carbonyl (C=O) groups is 1. The van der Waals surface area contributed by atoms with Gasteiger partial charge in [0.2, 0.25) is 0 Å². The summed E-state index contributed by atoms with van der Waals surface area (Å²) in [5.74, 6) is -0.112. The van der Waals surface area contributed by atoms with Crippen LogP contribution in [0.3, 0.4) is 0 Å². The molecule has 2 heterocycles. The van der Waals surface area contributed by atoms with Gasteiger partial charge >= 0.3 is 0 Å². The molecule has 0 saturated carbocycles. The number of aryl methyl sites for hydroxylation is 1. The molecule has 25 heavy (non-hydrogen) atoms. The van der Waals surface area contributed by atoms with Crippen molar-refractivity contribution in [2.45, 2.75) is 13.8 Å². The number of nitrogens with zero attached hydrogens (tertiary/aromatic N) is 1. The Hall–Kier alpha value is -2.92. The molecule has 5 heteroatoms. The summed E-state index contributed by atoms with van der Waals surface area (Å²) < 4.78 is 0. The predicted molar refractivity (Wildman–Crippen MR) is 105 cm³/mol. The second-order valence-electron chi connectivity index (χ2n) is 5.55. The van der Waals surface area contributed by atoms with Gasteiger partial charge in [0.15, 0.2) is 0 Å². The molecule has 0 fully saturated rings. The van der Waals surface area contributed by atoms with E-state index in [-0.39, 0.29) is 5.91 Å². The van der Waals surface area contributed by atoms with Crippen molar-refractivity contribution in [3.8, 4) is 0 Å². The Morgan fingerprint density at radius 2 is 2.20 bits per heavy atom. The molecule has 0 saturated heterocycles. The first-order valence-corrected chi connectivity index (χ1v) is 8.86. The first kappa shape index (κ1) is 16.9. The Balaban J connectivity index is 1.88.